The second-order valence-corrected chi connectivity index (χ2v) is 11.4. The van der Waals surface area contributed by atoms with Crippen LogP contribution in [0.2, 0.25) is 0 Å². The van der Waals surface area contributed by atoms with E-state index in [0.29, 0.717) is 55.6 Å². The van der Waals surface area contributed by atoms with Gasteiger partial charge in [-0.05, 0) is 74.7 Å². The molecule has 2 aromatic carbocycles. The number of hydrogen-bond donors (Lipinski definition) is 1. The number of hydrogen-bond acceptors (Lipinski definition) is 6. The average molecular weight is 570 g/mol. The molecule has 3 aliphatic rings. The smallest absolute Gasteiger partial charge is 0.255 e. The van der Waals surface area contributed by atoms with Gasteiger partial charge < -0.3 is 29.3 Å². The minimum atomic E-state index is -0.215. The Balaban J connectivity index is 1.30. The first-order valence-electron chi connectivity index (χ1n) is 15.1. The van der Waals surface area contributed by atoms with Crippen LogP contribution in [0.25, 0.3) is 0 Å². The van der Waals surface area contributed by atoms with Crippen molar-refractivity contribution in [3.8, 4) is 0 Å². The van der Waals surface area contributed by atoms with Gasteiger partial charge in [0.05, 0.1) is 24.6 Å². The largest absolute Gasteiger partial charge is 0.378 e. The molecule has 1 N–H and O–H groups in total. The molecule has 4 heterocycles. The molecule has 2 amide bonds. The minimum absolute atomic E-state index is 0.0570. The van der Waals surface area contributed by atoms with Crippen molar-refractivity contribution in [2.45, 2.75) is 32.7 Å². The van der Waals surface area contributed by atoms with E-state index < -0.39 is 0 Å². The number of anilines is 3. The van der Waals surface area contributed by atoms with Crippen molar-refractivity contribution in [3.05, 3.63) is 87.8 Å². The Morgan fingerprint density at radius 1 is 0.929 bits per heavy atom. The number of carbonyl (C=O) groups is 2. The summed E-state index contributed by atoms with van der Waals surface area (Å²) < 4.78 is 7.36. The van der Waals surface area contributed by atoms with Gasteiger partial charge in [-0.2, -0.15) is 0 Å². The zero-order valence-electron chi connectivity index (χ0n) is 24.4. The summed E-state index contributed by atoms with van der Waals surface area (Å²) in [6.07, 6.45) is 1.04. The first kappa shape index (κ1) is 28.0. The molecule has 0 aliphatic carbocycles. The van der Waals surface area contributed by atoms with E-state index in [0.717, 1.165) is 49.7 Å². The molecule has 6 rings (SSSR count). The maximum atomic E-state index is 13.6. The fourth-order valence-corrected chi connectivity index (χ4v) is 6.69. The van der Waals surface area contributed by atoms with Gasteiger partial charge >= 0.3 is 0 Å². The lowest BCUT2D eigenvalue weighted by Gasteiger charge is -2.44. The van der Waals surface area contributed by atoms with Crippen LogP contribution in [0, 0.1) is 5.92 Å². The van der Waals surface area contributed by atoms with Crippen molar-refractivity contribution in [1.29, 1.82) is 0 Å². The third kappa shape index (κ3) is 5.53. The Hall–Kier alpha value is -4.11. The minimum Gasteiger partial charge on any atom is -0.378 e. The number of piperidine rings is 1. The maximum absolute atomic E-state index is 13.6. The van der Waals surface area contributed by atoms with Crippen molar-refractivity contribution in [2.24, 2.45) is 5.92 Å². The van der Waals surface area contributed by atoms with E-state index in [1.54, 1.807) is 11.0 Å². The average Bonchev–Trinajstić information content (AvgIpc) is 3.02. The molecule has 0 spiro atoms. The lowest BCUT2D eigenvalue weighted by molar-refractivity contribution is 0.0303. The van der Waals surface area contributed by atoms with Gasteiger partial charge in [-0.25, -0.2) is 0 Å². The fourth-order valence-electron chi connectivity index (χ4n) is 6.69. The highest BCUT2D eigenvalue weighted by molar-refractivity contribution is 6.07. The van der Waals surface area contributed by atoms with E-state index in [4.69, 9.17) is 4.74 Å². The molecule has 9 nitrogen and oxygen atoms in total. The Labute approximate surface area is 246 Å². The number of amides is 2. The summed E-state index contributed by atoms with van der Waals surface area (Å²) in [6, 6.07) is 18.8. The Morgan fingerprint density at radius 3 is 2.40 bits per heavy atom. The van der Waals surface area contributed by atoms with Gasteiger partial charge in [-0.15, -0.1) is 0 Å². The van der Waals surface area contributed by atoms with Gasteiger partial charge in [0.25, 0.3) is 17.4 Å². The van der Waals surface area contributed by atoms with Gasteiger partial charge in [0.1, 0.15) is 0 Å². The molecular formula is C33H39N5O4. The van der Waals surface area contributed by atoms with Gasteiger partial charge in [-0.1, -0.05) is 6.07 Å². The normalized spacial score (nSPS) is 19.7. The Kier molecular flexibility index (Phi) is 8.02. The predicted octanol–water partition coefficient (Wildman–Crippen LogP) is 4.04. The van der Waals surface area contributed by atoms with Crippen molar-refractivity contribution < 1.29 is 14.3 Å². The van der Waals surface area contributed by atoms with Crippen LogP contribution in [-0.2, 0) is 11.3 Å². The van der Waals surface area contributed by atoms with Gasteiger partial charge in [0.15, 0.2) is 0 Å². The zero-order valence-corrected chi connectivity index (χ0v) is 24.4. The number of rotatable bonds is 7. The second-order valence-electron chi connectivity index (χ2n) is 11.4. The van der Waals surface area contributed by atoms with Crippen LogP contribution in [0.4, 0.5) is 17.1 Å². The summed E-state index contributed by atoms with van der Waals surface area (Å²) >= 11 is 0. The number of fused-ring (bicyclic) bond motifs is 4. The van der Waals surface area contributed by atoms with Crippen molar-refractivity contribution in [3.63, 3.8) is 0 Å². The molecule has 0 radical (unpaired) electrons. The highest BCUT2D eigenvalue weighted by Crippen LogP contribution is 2.39. The van der Waals surface area contributed by atoms with Gasteiger partial charge in [-0.3, -0.25) is 14.4 Å². The lowest BCUT2D eigenvalue weighted by Crippen LogP contribution is -2.47. The zero-order chi connectivity index (χ0) is 29.2. The van der Waals surface area contributed by atoms with Crippen molar-refractivity contribution in [2.75, 3.05) is 67.6 Å². The van der Waals surface area contributed by atoms with Crippen molar-refractivity contribution >= 4 is 28.9 Å². The third-order valence-corrected chi connectivity index (χ3v) is 8.87. The van der Waals surface area contributed by atoms with E-state index >= 15 is 0 Å². The van der Waals surface area contributed by atoms with Crippen LogP contribution in [0.1, 0.15) is 52.6 Å². The highest BCUT2D eigenvalue weighted by atomic mass is 16.5. The summed E-state index contributed by atoms with van der Waals surface area (Å²) in [4.78, 5) is 45.8. The third-order valence-electron chi connectivity index (χ3n) is 8.87. The number of aromatic nitrogens is 1. The fraction of sp³-hybridized carbons (Fsp3) is 0.424. The molecule has 3 aromatic rings. The quantitative estimate of drug-likeness (QED) is 0.462. The molecule has 2 bridgehead atoms. The van der Waals surface area contributed by atoms with Crippen LogP contribution in [0.3, 0.4) is 0 Å². The number of morpholine rings is 1. The van der Waals surface area contributed by atoms with E-state index in [2.05, 4.69) is 35.0 Å². The second kappa shape index (κ2) is 12.0. The van der Waals surface area contributed by atoms with E-state index in [1.165, 1.54) is 0 Å². The molecule has 3 aliphatic heterocycles. The first-order valence-corrected chi connectivity index (χ1v) is 15.1. The SMILES string of the molecule is CCN(CC)c1ccc(C(=O)Nc2cc(C(=O)N3CCOCC3)ccc2N2CC3CC(C2)c2cccc(=O)n2C3)cc1. The van der Waals surface area contributed by atoms with Gasteiger partial charge in [0, 0.05) is 80.3 Å². The number of nitrogens with zero attached hydrogens (tertiary/aromatic N) is 4. The van der Waals surface area contributed by atoms with Crippen LogP contribution in [0.5, 0.6) is 0 Å². The Morgan fingerprint density at radius 2 is 1.67 bits per heavy atom. The number of pyridine rings is 1. The summed E-state index contributed by atoms with van der Waals surface area (Å²) in [5.41, 5.74) is 4.82. The van der Waals surface area contributed by atoms with E-state index in [-0.39, 0.29) is 23.3 Å². The monoisotopic (exact) mass is 569 g/mol. The van der Waals surface area contributed by atoms with Crippen LogP contribution in [-0.4, -0.2) is 73.8 Å². The molecule has 9 heteroatoms. The van der Waals surface area contributed by atoms with Crippen LogP contribution >= 0.6 is 0 Å². The number of ether oxygens (including phenoxy) is 1. The standard InChI is InChI=1S/C33H39N5O4/c1-3-35(4-2)27-11-8-24(9-12-27)32(40)34-28-19-25(33(41)36-14-16-42-17-15-36)10-13-30(28)37-20-23-18-26(22-37)29-6-5-7-31(39)38(29)21-23/h5-13,19,23,26H,3-4,14-18,20-22H2,1-2H3,(H,34,40). The van der Waals surface area contributed by atoms with Crippen LogP contribution in [0.15, 0.2) is 65.5 Å². The lowest BCUT2D eigenvalue weighted by atomic mass is 9.83. The molecule has 42 heavy (non-hydrogen) atoms. The summed E-state index contributed by atoms with van der Waals surface area (Å²) in [6.45, 7) is 10.4. The number of nitrogens with one attached hydrogen (secondary N) is 1. The van der Waals surface area contributed by atoms with E-state index in [9.17, 15) is 14.4 Å². The maximum Gasteiger partial charge on any atom is 0.255 e. The molecule has 220 valence electrons. The highest BCUT2D eigenvalue weighted by Gasteiger charge is 2.35. The molecule has 2 atom stereocenters. The molecule has 2 unspecified atom stereocenters. The van der Waals surface area contributed by atoms with E-state index in [1.807, 2.05) is 53.1 Å². The molecule has 2 saturated heterocycles. The molecule has 1 aromatic heterocycles. The van der Waals surface area contributed by atoms with Crippen LogP contribution < -0.4 is 20.7 Å². The van der Waals surface area contributed by atoms with Crippen molar-refractivity contribution in [1.82, 2.24) is 9.47 Å². The molecule has 0 saturated carbocycles. The summed E-state index contributed by atoms with van der Waals surface area (Å²) in [5, 5.41) is 3.15. The van der Waals surface area contributed by atoms with Gasteiger partial charge in [0.2, 0.25) is 0 Å². The number of carbonyl (C=O) groups excluding carboxylic acids is 2. The molecule has 2 fully saturated rings. The summed E-state index contributed by atoms with van der Waals surface area (Å²) in [7, 11) is 0. The number of benzene rings is 2. The topological polar surface area (TPSA) is 87.1 Å². The first-order chi connectivity index (χ1) is 20.4. The Bertz CT molecular complexity index is 1510. The summed E-state index contributed by atoms with van der Waals surface area (Å²) in [5.74, 6) is 0.263. The predicted molar refractivity (Wildman–Crippen MR) is 165 cm³/mol. The molecular weight excluding hydrogens is 530 g/mol.